The fourth-order valence-corrected chi connectivity index (χ4v) is 8.85. The molecule has 2 aromatic heterocycles. The number of hydrogen-bond acceptors (Lipinski definition) is 4. The first-order chi connectivity index (χ1) is 14.5. The molecule has 0 aliphatic heterocycles. The van der Waals surface area contributed by atoms with Crippen LogP contribution in [0.15, 0.2) is 21.7 Å². The zero-order valence-electron chi connectivity index (χ0n) is 17.0. The quantitative estimate of drug-likeness (QED) is 0.672. The highest BCUT2D eigenvalue weighted by Gasteiger charge is 3.09. The second kappa shape index (κ2) is 4.81. The Hall–Kier alpha value is -2.64. The molecular weight excluding hydrogens is 384 g/mol. The molecule has 6 aliphatic rings. The van der Waals surface area contributed by atoms with E-state index in [-0.39, 0.29) is 22.1 Å². The Kier molecular flexibility index (Phi) is 2.74. The first kappa shape index (κ1) is 17.1. The summed E-state index contributed by atoms with van der Waals surface area (Å²) in [5.41, 5.74) is 0.628. The van der Waals surface area contributed by atoms with E-state index in [1.807, 2.05) is 19.9 Å². The van der Waals surface area contributed by atoms with Gasteiger partial charge in [-0.05, 0) is 53.8 Å². The Labute approximate surface area is 171 Å². The van der Waals surface area contributed by atoms with Gasteiger partial charge in [-0.25, -0.2) is 14.6 Å². The van der Waals surface area contributed by atoms with E-state index >= 15 is 0 Å². The van der Waals surface area contributed by atoms with Crippen molar-refractivity contribution < 1.29 is 9.90 Å². The summed E-state index contributed by atoms with van der Waals surface area (Å²) in [7, 11) is 0. The largest absolute Gasteiger partial charge is 0.478 e. The van der Waals surface area contributed by atoms with Crippen LogP contribution < -0.4 is 11.2 Å². The molecule has 156 valence electrons. The van der Waals surface area contributed by atoms with Crippen LogP contribution >= 0.6 is 0 Å². The SMILES string of the molecule is CCCn1c(=O)c2[nH]c(C34C5C6C3C3C4C5C63C=CC(=O)O)nc2n(CCC)c1=O. The number of aromatic nitrogens is 4. The fourth-order valence-electron chi connectivity index (χ4n) is 8.85. The number of allylic oxidation sites excluding steroid dienone is 1. The molecule has 2 heterocycles. The molecular formula is C22H24N4O4. The Morgan fingerprint density at radius 1 is 1.07 bits per heavy atom. The molecule has 8 nitrogen and oxygen atoms in total. The molecule has 0 aromatic carbocycles. The van der Waals surface area contributed by atoms with Crippen LogP contribution in [-0.2, 0) is 23.3 Å². The molecule has 0 unspecified atom stereocenters. The minimum Gasteiger partial charge on any atom is -0.478 e. The van der Waals surface area contributed by atoms with Crippen LogP contribution in [0.4, 0.5) is 0 Å². The van der Waals surface area contributed by atoms with Crippen LogP contribution in [0.5, 0.6) is 0 Å². The maximum atomic E-state index is 13.0. The van der Waals surface area contributed by atoms with Crippen molar-refractivity contribution in [1.82, 2.24) is 19.1 Å². The van der Waals surface area contributed by atoms with Crippen LogP contribution in [0.25, 0.3) is 11.2 Å². The Morgan fingerprint density at radius 2 is 1.67 bits per heavy atom. The first-order valence-electron chi connectivity index (χ1n) is 11.1. The summed E-state index contributed by atoms with van der Waals surface area (Å²) in [6.07, 6.45) is 4.81. The van der Waals surface area contributed by atoms with Crippen molar-refractivity contribution in [3.05, 3.63) is 38.8 Å². The molecule has 2 N–H and O–H groups in total. The highest BCUT2D eigenvalue weighted by molar-refractivity contribution is 5.81. The van der Waals surface area contributed by atoms with Crippen molar-refractivity contribution in [2.75, 3.05) is 0 Å². The van der Waals surface area contributed by atoms with Crippen LogP contribution in [0.1, 0.15) is 32.5 Å². The van der Waals surface area contributed by atoms with E-state index in [0.29, 0.717) is 59.8 Å². The molecule has 0 bridgehead atoms. The Bertz CT molecular complexity index is 1260. The molecule has 0 radical (unpaired) electrons. The average molecular weight is 408 g/mol. The van der Waals surface area contributed by atoms with Gasteiger partial charge in [0, 0.05) is 24.6 Å². The maximum Gasteiger partial charge on any atom is 0.332 e. The molecule has 6 saturated carbocycles. The molecule has 0 spiro atoms. The number of aryl methyl sites for hydroxylation is 1. The summed E-state index contributed by atoms with van der Waals surface area (Å²) in [4.78, 5) is 45.2. The van der Waals surface area contributed by atoms with Gasteiger partial charge < -0.3 is 10.1 Å². The van der Waals surface area contributed by atoms with E-state index in [9.17, 15) is 14.4 Å². The van der Waals surface area contributed by atoms with Crippen molar-refractivity contribution in [3.63, 3.8) is 0 Å². The summed E-state index contributed by atoms with van der Waals surface area (Å²) in [6, 6.07) is 0. The number of H-pyrrole nitrogens is 1. The van der Waals surface area contributed by atoms with Crippen LogP contribution in [-0.4, -0.2) is 30.2 Å². The summed E-state index contributed by atoms with van der Waals surface area (Å²) in [6.45, 7) is 4.94. The summed E-state index contributed by atoms with van der Waals surface area (Å²) >= 11 is 0. The molecule has 6 aliphatic carbocycles. The van der Waals surface area contributed by atoms with E-state index in [1.165, 1.54) is 10.6 Å². The van der Waals surface area contributed by atoms with Gasteiger partial charge >= 0.3 is 11.7 Å². The third kappa shape index (κ3) is 1.31. The molecule has 8 heteroatoms. The number of aromatic amines is 1. The average Bonchev–Trinajstić information content (AvgIpc) is 3.18. The monoisotopic (exact) mass is 408 g/mol. The van der Waals surface area contributed by atoms with Crippen molar-refractivity contribution in [1.29, 1.82) is 0 Å². The van der Waals surface area contributed by atoms with Crippen molar-refractivity contribution in [2.45, 2.75) is 45.2 Å². The molecule has 8 rings (SSSR count). The van der Waals surface area contributed by atoms with Gasteiger partial charge in [0.15, 0.2) is 5.65 Å². The number of rotatable bonds is 7. The number of aliphatic carboxylic acids is 1. The third-order valence-corrected chi connectivity index (χ3v) is 9.39. The normalized spacial score (nSPS) is 42.9. The third-order valence-electron chi connectivity index (χ3n) is 9.39. The molecule has 6 fully saturated rings. The molecule has 0 atom stereocenters. The minimum atomic E-state index is -0.868. The number of nitrogens with zero attached hydrogens (tertiary/aromatic N) is 3. The highest BCUT2D eigenvalue weighted by atomic mass is 16.4. The predicted molar refractivity (Wildman–Crippen MR) is 107 cm³/mol. The number of imidazole rings is 1. The smallest absolute Gasteiger partial charge is 0.332 e. The van der Waals surface area contributed by atoms with E-state index in [4.69, 9.17) is 10.1 Å². The summed E-state index contributed by atoms with van der Waals surface area (Å²) in [5.74, 6) is 3.44. The number of carboxylic acid groups (broad SMARTS) is 1. The number of hydrogen-bond donors (Lipinski definition) is 2. The lowest BCUT2D eigenvalue weighted by molar-refractivity contribution is -0.615. The lowest BCUT2D eigenvalue weighted by Crippen LogP contribution is -3.10. The van der Waals surface area contributed by atoms with Gasteiger partial charge in [0.2, 0.25) is 0 Å². The van der Waals surface area contributed by atoms with Gasteiger partial charge in [-0.3, -0.25) is 13.9 Å². The Balaban J connectivity index is 1.32. The van der Waals surface area contributed by atoms with Gasteiger partial charge in [0.1, 0.15) is 11.3 Å². The van der Waals surface area contributed by atoms with Crippen LogP contribution in [0, 0.1) is 40.9 Å². The second-order valence-electron chi connectivity index (χ2n) is 9.93. The van der Waals surface area contributed by atoms with E-state index in [0.717, 1.165) is 18.7 Å². The zero-order chi connectivity index (χ0) is 20.7. The number of carboxylic acids is 1. The fraction of sp³-hybridized carbons (Fsp3) is 0.636. The van der Waals surface area contributed by atoms with Crippen molar-refractivity contribution in [2.24, 2.45) is 40.9 Å². The standard InChI is InChI=1S/C22H24N4O4/c1-3-7-25-17-16(18(29)26(8-4-2)20(25)30)23-19(24-17)22-13-10-14(22)12-15(22)11(13)21(10,12)6-5-9(27)28/h5-6,10-15H,3-4,7-8H2,1-2H3,(H,23,24)(H,27,28). The van der Waals surface area contributed by atoms with Gasteiger partial charge in [-0.2, -0.15) is 0 Å². The predicted octanol–water partition coefficient (Wildman–Crippen LogP) is 1.34. The lowest BCUT2D eigenvalue weighted by Gasteiger charge is -3.10. The molecule has 2 aromatic rings. The molecule has 0 amide bonds. The number of nitrogens with one attached hydrogen (secondary N) is 1. The second-order valence-corrected chi connectivity index (χ2v) is 9.93. The topological polar surface area (TPSA) is 110 Å². The van der Waals surface area contributed by atoms with Crippen molar-refractivity contribution >= 4 is 17.1 Å². The number of carbonyl (C=O) groups is 1. The zero-order valence-corrected chi connectivity index (χ0v) is 17.0. The van der Waals surface area contributed by atoms with E-state index in [1.54, 1.807) is 4.57 Å². The minimum absolute atomic E-state index is 0.0486. The van der Waals surface area contributed by atoms with Crippen LogP contribution in [0.2, 0.25) is 0 Å². The number of fused-ring (bicyclic) bond motifs is 1. The van der Waals surface area contributed by atoms with Gasteiger partial charge in [-0.15, -0.1) is 0 Å². The van der Waals surface area contributed by atoms with Gasteiger partial charge in [-0.1, -0.05) is 19.9 Å². The maximum absolute atomic E-state index is 13.0. The van der Waals surface area contributed by atoms with E-state index in [2.05, 4.69) is 4.98 Å². The van der Waals surface area contributed by atoms with Gasteiger partial charge in [0.05, 0.1) is 0 Å². The summed E-state index contributed by atoms with van der Waals surface area (Å²) < 4.78 is 3.00. The first-order valence-corrected chi connectivity index (χ1v) is 11.1. The lowest BCUT2D eigenvalue weighted by atomic mass is 8.92. The highest BCUT2D eigenvalue weighted by Crippen LogP contribution is 3.10. The van der Waals surface area contributed by atoms with Crippen molar-refractivity contribution in [3.8, 4) is 0 Å². The van der Waals surface area contributed by atoms with Crippen LogP contribution in [0.3, 0.4) is 0 Å². The summed E-state index contributed by atoms with van der Waals surface area (Å²) in [5, 5.41) is 9.02. The van der Waals surface area contributed by atoms with E-state index < -0.39 is 5.97 Å². The Morgan fingerprint density at radius 3 is 2.23 bits per heavy atom. The molecule has 0 saturated heterocycles. The molecule has 30 heavy (non-hydrogen) atoms. The van der Waals surface area contributed by atoms with Gasteiger partial charge in [0.25, 0.3) is 5.56 Å².